The van der Waals surface area contributed by atoms with E-state index < -0.39 is 11.6 Å². The first-order chi connectivity index (χ1) is 19.6. The lowest BCUT2D eigenvalue weighted by atomic mass is 10.2. The van der Waals surface area contributed by atoms with Gasteiger partial charge in [-0.25, -0.2) is 19.3 Å². The minimum Gasteiger partial charge on any atom is -0.497 e. The molecule has 5 rings (SSSR count). The molecule has 0 bridgehead atoms. The molecule has 0 aliphatic carbocycles. The summed E-state index contributed by atoms with van der Waals surface area (Å²) in [5.74, 6) is 1.13. The van der Waals surface area contributed by atoms with Gasteiger partial charge in [-0.1, -0.05) is 18.2 Å². The normalized spacial score (nSPS) is 15.1. The number of amides is 1. The number of carbonyl (C=O) groups is 2. The summed E-state index contributed by atoms with van der Waals surface area (Å²) in [6.45, 7) is 7.00. The lowest BCUT2D eigenvalue weighted by molar-refractivity contribution is 0.0293. The minimum atomic E-state index is -1.04. The molecule has 3 heterocycles. The summed E-state index contributed by atoms with van der Waals surface area (Å²) >= 11 is 0. The van der Waals surface area contributed by atoms with Crippen molar-refractivity contribution in [2.75, 3.05) is 25.5 Å². The van der Waals surface area contributed by atoms with Crippen LogP contribution in [0.3, 0.4) is 0 Å². The molecule has 0 saturated carbocycles. The molecule has 11 heteroatoms. The third-order valence-corrected chi connectivity index (χ3v) is 6.58. The van der Waals surface area contributed by atoms with E-state index in [2.05, 4.69) is 10.3 Å². The fourth-order valence-electron chi connectivity index (χ4n) is 4.65. The molecule has 41 heavy (non-hydrogen) atoms. The number of pyridine rings is 1. The lowest BCUT2D eigenvalue weighted by Gasteiger charge is -2.24. The average Bonchev–Trinajstić information content (AvgIpc) is 3.54. The van der Waals surface area contributed by atoms with Crippen LogP contribution in [0, 0.1) is 0 Å². The van der Waals surface area contributed by atoms with Crippen LogP contribution in [0.25, 0.3) is 11.0 Å². The van der Waals surface area contributed by atoms with Gasteiger partial charge in [0.2, 0.25) is 0 Å². The van der Waals surface area contributed by atoms with Crippen LogP contribution < -0.4 is 14.8 Å². The highest BCUT2D eigenvalue weighted by Crippen LogP contribution is 2.35. The van der Waals surface area contributed by atoms with Crippen molar-refractivity contribution in [1.82, 2.24) is 19.7 Å². The Balaban J connectivity index is 1.47. The fraction of sp³-hybridized carbons (Fsp3) is 0.333. The van der Waals surface area contributed by atoms with E-state index in [-0.39, 0.29) is 17.7 Å². The molecule has 1 aliphatic rings. The van der Waals surface area contributed by atoms with Gasteiger partial charge in [0.15, 0.2) is 11.5 Å². The Bertz CT molecular complexity index is 1560. The number of nitrogens with one attached hydrogen (secondary N) is 1. The molecule has 1 atom stereocenters. The highest BCUT2D eigenvalue weighted by Gasteiger charge is 2.31. The summed E-state index contributed by atoms with van der Waals surface area (Å²) in [5.41, 5.74) is 1.14. The van der Waals surface area contributed by atoms with Gasteiger partial charge in [0.1, 0.15) is 28.2 Å². The van der Waals surface area contributed by atoms with Crippen LogP contribution in [0.2, 0.25) is 0 Å². The summed E-state index contributed by atoms with van der Waals surface area (Å²) in [4.78, 5) is 30.4. The largest absolute Gasteiger partial charge is 0.497 e. The number of likely N-dealkylation sites (tertiary alicyclic amines) is 1. The van der Waals surface area contributed by atoms with E-state index in [1.54, 1.807) is 41.1 Å². The van der Waals surface area contributed by atoms with Gasteiger partial charge < -0.3 is 29.5 Å². The molecular formula is C30H33N5O6. The zero-order valence-electron chi connectivity index (χ0n) is 23.5. The molecule has 1 aliphatic heterocycles. The molecule has 214 valence electrons. The van der Waals surface area contributed by atoms with Crippen molar-refractivity contribution in [3.63, 3.8) is 0 Å². The van der Waals surface area contributed by atoms with E-state index in [1.165, 1.54) is 12.1 Å². The molecule has 2 aromatic heterocycles. The van der Waals surface area contributed by atoms with Gasteiger partial charge >= 0.3 is 12.1 Å². The number of fused-ring (bicyclic) bond motifs is 1. The summed E-state index contributed by atoms with van der Waals surface area (Å²) in [6, 6.07) is 15.7. The number of methoxy groups -OCH3 is 1. The number of hydrogen-bond acceptors (Lipinski definition) is 8. The van der Waals surface area contributed by atoms with Gasteiger partial charge in [-0.3, -0.25) is 0 Å². The fourth-order valence-corrected chi connectivity index (χ4v) is 4.65. The first-order valence-electron chi connectivity index (χ1n) is 13.3. The first kappa shape index (κ1) is 27.8. The van der Waals surface area contributed by atoms with E-state index in [1.807, 2.05) is 45.0 Å². The number of aromatic nitrogens is 3. The monoisotopic (exact) mass is 559 g/mol. The van der Waals surface area contributed by atoms with Crippen LogP contribution in [-0.4, -0.2) is 68.7 Å². The van der Waals surface area contributed by atoms with Crippen LogP contribution in [0.5, 0.6) is 17.2 Å². The molecule has 11 nitrogen and oxygen atoms in total. The third kappa shape index (κ3) is 6.51. The number of benzene rings is 2. The number of rotatable bonds is 8. The molecule has 2 N–H and O–H groups in total. The Morgan fingerprint density at radius 3 is 2.59 bits per heavy atom. The van der Waals surface area contributed by atoms with Gasteiger partial charge in [0.25, 0.3) is 0 Å². The Morgan fingerprint density at radius 2 is 1.88 bits per heavy atom. The minimum absolute atomic E-state index is 0.0709. The van der Waals surface area contributed by atoms with Crippen molar-refractivity contribution >= 4 is 28.9 Å². The average molecular weight is 560 g/mol. The second-order valence-electron chi connectivity index (χ2n) is 10.9. The number of carbonyl (C=O) groups excluding carboxylic acids is 1. The van der Waals surface area contributed by atoms with Crippen LogP contribution in [0.1, 0.15) is 43.1 Å². The van der Waals surface area contributed by atoms with Crippen molar-refractivity contribution in [2.24, 2.45) is 0 Å². The summed E-state index contributed by atoms with van der Waals surface area (Å²) < 4.78 is 18.8. The molecule has 1 saturated heterocycles. The molecule has 1 unspecified atom stereocenters. The molecular weight excluding hydrogens is 526 g/mol. The standard InChI is InChI=1S/C30H33N5O6/c1-30(2,3)41-29(38)34-15-13-21(18-34)32-26-25-24(40-23-7-5-6-20(16-23)28(36)37)12-14-31-27(25)35(33-26)17-19-8-10-22(39-4)11-9-19/h5-12,14,16,21H,13,15,17-18H2,1-4H3,(H,32,33)(H,36,37). The van der Waals surface area contributed by atoms with Crippen molar-refractivity contribution in [3.05, 3.63) is 71.9 Å². The number of ether oxygens (including phenoxy) is 3. The summed E-state index contributed by atoms with van der Waals surface area (Å²) in [5, 5.41) is 18.4. The molecule has 0 radical (unpaired) electrons. The quantitative estimate of drug-likeness (QED) is 0.292. The van der Waals surface area contributed by atoms with Gasteiger partial charge in [-0.2, -0.15) is 5.10 Å². The van der Waals surface area contributed by atoms with E-state index in [0.29, 0.717) is 54.4 Å². The topological polar surface area (TPSA) is 128 Å². The second-order valence-corrected chi connectivity index (χ2v) is 10.9. The predicted molar refractivity (Wildman–Crippen MR) is 153 cm³/mol. The van der Waals surface area contributed by atoms with E-state index in [4.69, 9.17) is 19.3 Å². The SMILES string of the molecule is COc1ccc(Cn2nc(NC3CCN(C(=O)OC(C)(C)C)C3)c3c(Oc4cccc(C(=O)O)c4)ccnc32)cc1. The van der Waals surface area contributed by atoms with Gasteiger partial charge in [0.05, 0.1) is 19.2 Å². The first-order valence-corrected chi connectivity index (χ1v) is 13.3. The van der Waals surface area contributed by atoms with Crippen LogP contribution in [-0.2, 0) is 11.3 Å². The maximum Gasteiger partial charge on any atom is 0.410 e. The smallest absolute Gasteiger partial charge is 0.410 e. The van der Waals surface area contributed by atoms with E-state index in [0.717, 1.165) is 11.3 Å². The maximum atomic E-state index is 12.6. The zero-order chi connectivity index (χ0) is 29.1. The Kier molecular flexibility index (Phi) is 7.69. The zero-order valence-corrected chi connectivity index (χ0v) is 23.5. The number of aromatic carboxylic acids is 1. The molecule has 1 amide bonds. The molecule has 4 aromatic rings. The Morgan fingerprint density at radius 1 is 1.10 bits per heavy atom. The number of carboxylic acid groups (broad SMARTS) is 1. The van der Waals surface area contributed by atoms with Gasteiger partial charge in [-0.15, -0.1) is 0 Å². The lowest BCUT2D eigenvalue weighted by Crippen LogP contribution is -2.36. The third-order valence-electron chi connectivity index (χ3n) is 6.58. The molecule has 1 fully saturated rings. The number of nitrogens with zero attached hydrogens (tertiary/aromatic N) is 4. The highest BCUT2D eigenvalue weighted by molar-refractivity contribution is 5.94. The number of carboxylic acids is 1. The number of hydrogen-bond donors (Lipinski definition) is 2. The highest BCUT2D eigenvalue weighted by atomic mass is 16.6. The van der Waals surface area contributed by atoms with Crippen molar-refractivity contribution in [2.45, 2.75) is 45.4 Å². The Labute approximate surface area is 237 Å². The van der Waals surface area contributed by atoms with E-state index >= 15 is 0 Å². The van der Waals surface area contributed by atoms with Crippen molar-refractivity contribution in [1.29, 1.82) is 0 Å². The second kappa shape index (κ2) is 11.4. The summed E-state index contributed by atoms with van der Waals surface area (Å²) in [7, 11) is 1.62. The van der Waals surface area contributed by atoms with Crippen molar-refractivity contribution < 1.29 is 28.9 Å². The van der Waals surface area contributed by atoms with Gasteiger partial charge in [-0.05, 0) is 63.1 Å². The van der Waals surface area contributed by atoms with Crippen LogP contribution >= 0.6 is 0 Å². The molecule has 2 aromatic carbocycles. The van der Waals surface area contributed by atoms with Gasteiger partial charge in [0, 0.05) is 31.4 Å². The van der Waals surface area contributed by atoms with Crippen LogP contribution in [0.15, 0.2) is 60.8 Å². The van der Waals surface area contributed by atoms with Crippen LogP contribution in [0.4, 0.5) is 10.6 Å². The maximum absolute atomic E-state index is 12.6. The summed E-state index contributed by atoms with van der Waals surface area (Å²) in [6.07, 6.45) is 2.00. The predicted octanol–water partition coefficient (Wildman–Crippen LogP) is 5.40. The molecule has 0 spiro atoms. The van der Waals surface area contributed by atoms with E-state index in [9.17, 15) is 14.7 Å². The van der Waals surface area contributed by atoms with Crippen molar-refractivity contribution in [3.8, 4) is 17.2 Å². The Hall–Kier alpha value is -4.80. The number of anilines is 1.